The number of hydrogen-bond donors (Lipinski definition) is 0. The first-order valence-electron chi connectivity index (χ1n) is 9.14. The Labute approximate surface area is 148 Å². The summed E-state index contributed by atoms with van der Waals surface area (Å²) in [7, 11) is -4.81. The van der Waals surface area contributed by atoms with Crippen molar-refractivity contribution in [2.75, 3.05) is 6.54 Å². The summed E-state index contributed by atoms with van der Waals surface area (Å²) in [4.78, 5) is 0.454. The Balaban J connectivity index is 2.02. The monoisotopic (exact) mass is 365 g/mol. The van der Waals surface area contributed by atoms with Gasteiger partial charge in [0.25, 0.3) is 0 Å². The Bertz CT molecular complexity index is 708. The first-order chi connectivity index (χ1) is 11.0. The zero-order valence-corrected chi connectivity index (χ0v) is 17.5. The van der Waals surface area contributed by atoms with Gasteiger partial charge < -0.3 is 0 Å². The Morgan fingerprint density at radius 3 is 2.38 bits per heavy atom. The van der Waals surface area contributed by atoms with Gasteiger partial charge in [0.15, 0.2) is 0 Å². The first kappa shape index (κ1) is 18.1. The molecule has 24 heavy (non-hydrogen) atoms. The van der Waals surface area contributed by atoms with E-state index < -0.39 is 18.1 Å². The minimum Gasteiger partial charge on any atom is -0.207 e. The third kappa shape index (κ3) is 3.11. The molecule has 134 valence electrons. The smallest absolute Gasteiger partial charge is 0.207 e. The maximum Gasteiger partial charge on any atom is 0.243 e. The normalized spacial score (nSPS) is 31.4. The summed E-state index contributed by atoms with van der Waals surface area (Å²) in [6.07, 6.45) is 3.63. The molecule has 0 bridgehead atoms. The largest absolute Gasteiger partial charge is 0.243 e. The van der Waals surface area contributed by atoms with Crippen LogP contribution in [0.5, 0.6) is 0 Å². The van der Waals surface area contributed by atoms with Crippen LogP contribution in [0.25, 0.3) is 0 Å². The molecule has 1 heterocycles. The summed E-state index contributed by atoms with van der Waals surface area (Å²) in [6, 6.07) is 8.40. The van der Waals surface area contributed by atoms with E-state index in [4.69, 9.17) is 0 Å². The Hall–Kier alpha value is -0.653. The fourth-order valence-electron chi connectivity index (χ4n) is 5.18. The SMILES string of the molecule is Cc1ccc(S(=O)(=O)N2C[C@@H]3CCC[C@@H]3C2(C)C[Si](C)(C)C)cc1. The van der Waals surface area contributed by atoms with E-state index in [1.807, 2.05) is 23.4 Å². The zero-order chi connectivity index (χ0) is 17.8. The van der Waals surface area contributed by atoms with Crippen molar-refractivity contribution in [3.63, 3.8) is 0 Å². The van der Waals surface area contributed by atoms with E-state index >= 15 is 0 Å². The van der Waals surface area contributed by atoms with Crippen LogP contribution < -0.4 is 0 Å². The second-order valence-electron chi connectivity index (χ2n) is 9.24. The highest BCUT2D eigenvalue weighted by atomic mass is 32.2. The molecular weight excluding hydrogens is 334 g/mol. The Morgan fingerprint density at radius 2 is 1.79 bits per heavy atom. The van der Waals surface area contributed by atoms with Crippen molar-refractivity contribution in [3.05, 3.63) is 29.8 Å². The van der Waals surface area contributed by atoms with Crippen molar-refractivity contribution in [3.8, 4) is 0 Å². The van der Waals surface area contributed by atoms with Crippen molar-refractivity contribution in [2.24, 2.45) is 11.8 Å². The predicted octanol–water partition coefficient (Wildman–Crippen LogP) is 4.51. The minimum atomic E-state index is -3.42. The molecule has 3 nitrogen and oxygen atoms in total. The number of rotatable bonds is 4. The molecule has 3 atom stereocenters. The second-order valence-corrected chi connectivity index (χ2v) is 16.6. The molecule has 1 aliphatic heterocycles. The van der Waals surface area contributed by atoms with Crippen LogP contribution in [-0.4, -0.2) is 32.9 Å². The van der Waals surface area contributed by atoms with E-state index in [2.05, 4.69) is 26.6 Å². The molecule has 1 aromatic carbocycles. The fourth-order valence-corrected chi connectivity index (χ4v) is 9.77. The van der Waals surface area contributed by atoms with E-state index in [1.165, 1.54) is 19.3 Å². The molecule has 0 spiro atoms. The third-order valence-electron chi connectivity index (χ3n) is 5.93. The molecule has 3 rings (SSSR count). The van der Waals surface area contributed by atoms with Gasteiger partial charge in [-0.3, -0.25) is 0 Å². The van der Waals surface area contributed by atoms with E-state index in [9.17, 15) is 8.42 Å². The van der Waals surface area contributed by atoms with Gasteiger partial charge in [0, 0.05) is 20.2 Å². The number of fused-ring (bicyclic) bond motifs is 1. The van der Waals surface area contributed by atoms with Gasteiger partial charge in [-0.2, -0.15) is 4.31 Å². The van der Waals surface area contributed by atoms with Gasteiger partial charge in [0.2, 0.25) is 10.0 Å². The zero-order valence-electron chi connectivity index (χ0n) is 15.7. The van der Waals surface area contributed by atoms with Crippen LogP contribution in [-0.2, 0) is 10.0 Å². The van der Waals surface area contributed by atoms with Gasteiger partial charge in [-0.05, 0) is 56.7 Å². The summed E-state index contributed by atoms with van der Waals surface area (Å²) >= 11 is 0. The predicted molar refractivity (Wildman–Crippen MR) is 102 cm³/mol. The minimum absolute atomic E-state index is 0.213. The highest BCUT2D eigenvalue weighted by Crippen LogP contribution is 2.53. The first-order valence-corrected chi connectivity index (χ1v) is 14.3. The van der Waals surface area contributed by atoms with Crippen LogP contribution in [0.2, 0.25) is 25.7 Å². The Morgan fingerprint density at radius 1 is 1.17 bits per heavy atom. The van der Waals surface area contributed by atoms with Crippen molar-refractivity contribution in [1.82, 2.24) is 4.31 Å². The topological polar surface area (TPSA) is 37.4 Å². The summed E-state index contributed by atoms with van der Waals surface area (Å²) in [5.41, 5.74) is 0.882. The van der Waals surface area contributed by atoms with Gasteiger partial charge >= 0.3 is 0 Å². The highest BCUT2D eigenvalue weighted by Gasteiger charge is 2.57. The lowest BCUT2D eigenvalue weighted by atomic mass is 9.85. The van der Waals surface area contributed by atoms with Gasteiger partial charge in [0.1, 0.15) is 0 Å². The number of nitrogens with zero attached hydrogens (tertiary/aromatic N) is 1. The van der Waals surface area contributed by atoms with E-state index in [1.54, 1.807) is 12.1 Å². The lowest BCUT2D eigenvalue weighted by molar-refractivity contribution is 0.223. The average molecular weight is 366 g/mol. The van der Waals surface area contributed by atoms with Crippen LogP contribution in [0.1, 0.15) is 31.7 Å². The highest BCUT2D eigenvalue weighted by molar-refractivity contribution is 7.89. The van der Waals surface area contributed by atoms with Crippen molar-refractivity contribution in [1.29, 1.82) is 0 Å². The van der Waals surface area contributed by atoms with Crippen LogP contribution in [0, 0.1) is 18.8 Å². The molecule has 0 aromatic heterocycles. The van der Waals surface area contributed by atoms with Gasteiger partial charge in [-0.15, -0.1) is 0 Å². The molecule has 0 radical (unpaired) electrons. The molecule has 2 aliphatic rings. The fraction of sp³-hybridized carbons (Fsp3) is 0.684. The summed E-state index contributed by atoms with van der Waals surface area (Å²) < 4.78 is 28.7. The summed E-state index contributed by atoms with van der Waals surface area (Å²) in [6.45, 7) is 12.0. The van der Waals surface area contributed by atoms with Crippen LogP contribution >= 0.6 is 0 Å². The third-order valence-corrected chi connectivity index (χ3v) is 9.72. The number of benzene rings is 1. The second kappa shape index (κ2) is 5.96. The molecule has 0 amide bonds. The maximum absolute atomic E-state index is 13.4. The average Bonchev–Trinajstić information content (AvgIpc) is 3.00. The van der Waals surface area contributed by atoms with Crippen molar-refractivity contribution in [2.45, 2.75) is 69.2 Å². The molecule has 2 fully saturated rings. The number of hydrogen-bond acceptors (Lipinski definition) is 2. The molecule has 0 N–H and O–H groups in total. The molecule has 1 saturated carbocycles. The molecule has 1 saturated heterocycles. The molecule has 1 aliphatic carbocycles. The van der Waals surface area contributed by atoms with Crippen LogP contribution in [0.3, 0.4) is 0 Å². The van der Waals surface area contributed by atoms with Crippen LogP contribution in [0.4, 0.5) is 0 Å². The standard InChI is InChI=1S/C19H31NO2SSi/c1-15-9-11-17(12-10-15)23(21,22)20-13-16-7-6-8-18(16)19(20,2)14-24(3,4)5/h9-12,16,18H,6-8,13-14H2,1-5H3/t16-,18-,19?/m0/s1. The van der Waals surface area contributed by atoms with Gasteiger partial charge in [0.05, 0.1) is 4.90 Å². The lowest BCUT2D eigenvalue weighted by Gasteiger charge is -2.42. The van der Waals surface area contributed by atoms with Crippen molar-refractivity contribution < 1.29 is 8.42 Å². The van der Waals surface area contributed by atoms with Gasteiger partial charge in [-0.1, -0.05) is 43.8 Å². The summed E-state index contributed by atoms with van der Waals surface area (Å²) in [5.74, 6) is 1.08. The molecule has 5 heteroatoms. The quantitative estimate of drug-likeness (QED) is 0.736. The molecular formula is C19H31NO2SSi. The van der Waals surface area contributed by atoms with E-state index in [0.717, 1.165) is 11.6 Å². The van der Waals surface area contributed by atoms with Crippen molar-refractivity contribution >= 4 is 18.1 Å². The van der Waals surface area contributed by atoms with Crippen LogP contribution in [0.15, 0.2) is 29.2 Å². The summed E-state index contributed by atoms with van der Waals surface area (Å²) in [5, 5.41) is 0. The molecule has 1 aromatic rings. The van der Waals surface area contributed by atoms with E-state index in [0.29, 0.717) is 23.3 Å². The number of sulfonamides is 1. The number of aryl methyl sites for hydroxylation is 1. The Kier molecular flexibility index (Phi) is 4.50. The lowest BCUT2D eigenvalue weighted by Crippen LogP contribution is -2.51. The van der Waals surface area contributed by atoms with Gasteiger partial charge in [-0.25, -0.2) is 8.42 Å². The molecule has 1 unspecified atom stereocenters. The maximum atomic E-state index is 13.4. The van der Waals surface area contributed by atoms with E-state index in [-0.39, 0.29) is 5.54 Å².